The second kappa shape index (κ2) is 6.42. The van der Waals surface area contributed by atoms with Crippen LogP contribution in [0.1, 0.15) is 10.4 Å². The standard InChI is InChI=1S/C13H9BrF2N2O2/c14-11-5-4-9(7-17-11)18-12(19)8-2-1-3-10(6-8)20-13(15)16/h1-7,13H,(H,18,19). The van der Waals surface area contributed by atoms with Gasteiger partial charge in [-0.1, -0.05) is 6.07 Å². The molecule has 1 N–H and O–H groups in total. The number of alkyl halides is 2. The highest BCUT2D eigenvalue weighted by atomic mass is 79.9. The normalized spacial score (nSPS) is 10.4. The van der Waals surface area contributed by atoms with Crippen LogP contribution in [-0.4, -0.2) is 17.5 Å². The summed E-state index contributed by atoms with van der Waals surface area (Å²) < 4.78 is 29.1. The summed E-state index contributed by atoms with van der Waals surface area (Å²) in [6.45, 7) is -2.93. The third-order valence-electron chi connectivity index (χ3n) is 2.31. The smallest absolute Gasteiger partial charge is 0.387 e. The second-order valence-electron chi connectivity index (χ2n) is 3.73. The quantitative estimate of drug-likeness (QED) is 0.862. The molecular weight excluding hydrogens is 334 g/mol. The lowest BCUT2D eigenvalue weighted by molar-refractivity contribution is -0.0498. The molecule has 0 bridgehead atoms. The van der Waals surface area contributed by atoms with Gasteiger partial charge >= 0.3 is 6.61 Å². The van der Waals surface area contributed by atoms with Crippen LogP contribution < -0.4 is 10.1 Å². The number of hydrogen-bond acceptors (Lipinski definition) is 3. The summed E-state index contributed by atoms with van der Waals surface area (Å²) in [5.41, 5.74) is 0.712. The summed E-state index contributed by atoms with van der Waals surface area (Å²) in [5, 5.41) is 2.60. The van der Waals surface area contributed by atoms with Crippen molar-refractivity contribution in [2.45, 2.75) is 6.61 Å². The fraction of sp³-hybridized carbons (Fsp3) is 0.0769. The van der Waals surface area contributed by atoms with Gasteiger partial charge in [0.2, 0.25) is 0 Å². The molecule has 0 unspecified atom stereocenters. The third kappa shape index (κ3) is 3.99. The summed E-state index contributed by atoms with van der Waals surface area (Å²) in [4.78, 5) is 15.9. The van der Waals surface area contributed by atoms with Crippen LogP contribution in [0.5, 0.6) is 5.75 Å². The zero-order valence-electron chi connectivity index (χ0n) is 10.0. The molecule has 0 saturated carbocycles. The zero-order valence-corrected chi connectivity index (χ0v) is 11.6. The summed E-state index contributed by atoms with van der Waals surface area (Å²) >= 11 is 3.18. The van der Waals surface area contributed by atoms with Gasteiger partial charge in [0.05, 0.1) is 11.9 Å². The highest BCUT2D eigenvalue weighted by Gasteiger charge is 2.10. The molecular formula is C13H9BrF2N2O2. The number of hydrogen-bond donors (Lipinski definition) is 1. The zero-order chi connectivity index (χ0) is 14.5. The van der Waals surface area contributed by atoms with Crippen LogP contribution in [0, 0.1) is 0 Å². The first-order valence-electron chi connectivity index (χ1n) is 5.52. The van der Waals surface area contributed by atoms with Crippen LogP contribution in [0.25, 0.3) is 0 Å². The Bertz CT molecular complexity index is 606. The maximum Gasteiger partial charge on any atom is 0.387 e. The highest BCUT2D eigenvalue weighted by molar-refractivity contribution is 9.10. The van der Waals surface area contributed by atoms with Crippen LogP contribution in [-0.2, 0) is 0 Å². The molecule has 0 spiro atoms. The van der Waals surface area contributed by atoms with Crippen molar-refractivity contribution in [3.05, 3.63) is 52.8 Å². The average molecular weight is 343 g/mol. The van der Waals surface area contributed by atoms with Gasteiger partial charge in [0, 0.05) is 5.56 Å². The minimum absolute atomic E-state index is 0.0680. The van der Waals surface area contributed by atoms with Crippen molar-refractivity contribution >= 4 is 27.5 Å². The van der Waals surface area contributed by atoms with E-state index < -0.39 is 12.5 Å². The van der Waals surface area contributed by atoms with Crippen LogP contribution >= 0.6 is 15.9 Å². The minimum Gasteiger partial charge on any atom is -0.435 e. The van der Waals surface area contributed by atoms with Gasteiger partial charge in [-0.05, 0) is 46.3 Å². The maximum atomic E-state index is 12.1. The average Bonchev–Trinajstić information content (AvgIpc) is 2.41. The van der Waals surface area contributed by atoms with Gasteiger partial charge in [0.25, 0.3) is 5.91 Å². The first-order valence-corrected chi connectivity index (χ1v) is 6.31. The third-order valence-corrected chi connectivity index (χ3v) is 2.78. The van der Waals surface area contributed by atoms with E-state index >= 15 is 0 Å². The minimum atomic E-state index is -2.93. The second-order valence-corrected chi connectivity index (χ2v) is 4.54. The molecule has 0 aliphatic carbocycles. The number of benzene rings is 1. The first-order chi connectivity index (χ1) is 9.54. The van der Waals surface area contributed by atoms with Gasteiger partial charge in [-0.15, -0.1) is 0 Å². The Morgan fingerprint density at radius 3 is 2.75 bits per heavy atom. The van der Waals surface area contributed by atoms with Gasteiger partial charge in [-0.2, -0.15) is 8.78 Å². The molecule has 0 aliphatic rings. The molecule has 7 heteroatoms. The summed E-state index contributed by atoms with van der Waals surface area (Å²) in [7, 11) is 0. The Morgan fingerprint density at radius 1 is 1.30 bits per heavy atom. The Balaban J connectivity index is 2.10. The molecule has 1 heterocycles. The van der Waals surface area contributed by atoms with Crippen molar-refractivity contribution in [2.75, 3.05) is 5.32 Å². The monoisotopic (exact) mass is 342 g/mol. The molecule has 104 valence electrons. The van der Waals surface area contributed by atoms with E-state index in [2.05, 4.69) is 31.0 Å². The van der Waals surface area contributed by atoms with Gasteiger partial charge < -0.3 is 10.1 Å². The lowest BCUT2D eigenvalue weighted by Crippen LogP contribution is -2.12. The lowest BCUT2D eigenvalue weighted by Gasteiger charge is -2.07. The summed E-state index contributed by atoms with van der Waals surface area (Å²) in [6.07, 6.45) is 1.47. The number of amides is 1. The number of carbonyl (C=O) groups is 1. The SMILES string of the molecule is O=C(Nc1ccc(Br)nc1)c1cccc(OC(F)F)c1. The summed E-state index contributed by atoms with van der Waals surface area (Å²) in [5.74, 6) is -0.504. The number of rotatable bonds is 4. The fourth-order valence-corrected chi connectivity index (χ4v) is 1.70. The van der Waals surface area contributed by atoms with Gasteiger partial charge in [-0.3, -0.25) is 4.79 Å². The van der Waals surface area contributed by atoms with Crippen LogP contribution in [0.15, 0.2) is 47.2 Å². The van der Waals surface area contributed by atoms with Gasteiger partial charge in [-0.25, -0.2) is 4.98 Å². The first kappa shape index (κ1) is 14.4. The van der Waals surface area contributed by atoms with Crippen molar-refractivity contribution in [1.29, 1.82) is 0 Å². The van der Waals surface area contributed by atoms with Crippen molar-refractivity contribution in [2.24, 2.45) is 0 Å². The van der Waals surface area contributed by atoms with E-state index in [0.717, 1.165) is 0 Å². The number of anilines is 1. The molecule has 0 radical (unpaired) electrons. The topological polar surface area (TPSA) is 51.2 Å². The van der Waals surface area contributed by atoms with E-state index in [-0.39, 0.29) is 11.3 Å². The number of nitrogens with zero attached hydrogens (tertiary/aromatic N) is 1. The number of halogens is 3. The largest absolute Gasteiger partial charge is 0.435 e. The Labute approximate surface area is 121 Å². The fourth-order valence-electron chi connectivity index (χ4n) is 1.47. The van der Waals surface area contributed by atoms with E-state index in [1.807, 2.05) is 0 Å². The molecule has 0 atom stereocenters. The molecule has 0 saturated heterocycles. The predicted molar refractivity (Wildman–Crippen MR) is 73.0 cm³/mol. The van der Waals surface area contributed by atoms with E-state index in [4.69, 9.17) is 0 Å². The van der Waals surface area contributed by atoms with E-state index in [1.165, 1.54) is 30.5 Å². The molecule has 1 aromatic carbocycles. The highest BCUT2D eigenvalue weighted by Crippen LogP contribution is 2.17. The van der Waals surface area contributed by atoms with Gasteiger partial charge in [0.1, 0.15) is 10.4 Å². The number of aromatic nitrogens is 1. The molecule has 2 rings (SSSR count). The van der Waals surface area contributed by atoms with Crippen molar-refractivity contribution in [3.8, 4) is 5.75 Å². The van der Waals surface area contributed by atoms with Crippen molar-refractivity contribution in [1.82, 2.24) is 4.98 Å². The number of ether oxygens (including phenoxy) is 1. The van der Waals surface area contributed by atoms with Crippen LogP contribution in [0.2, 0.25) is 0 Å². The molecule has 20 heavy (non-hydrogen) atoms. The lowest BCUT2D eigenvalue weighted by atomic mass is 10.2. The Morgan fingerprint density at radius 2 is 2.10 bits per heavy atom. The van der Waals surface area contributed by atoms with Gasteiger partial charge in [0.15, 0.2) is 0 Å². The van der Waals surface area contributed by atoms with Crippen LogP contribution in [0.3, 0.4) is 0 Å². The molecule has 2 aromatic rings. The molecule has 1 amide bonds. The summed E-state index contributed by atoms with van der Waals surface area (Å²) in [6, 6.07) is 8.89. The molecule has 1 aromatic heterocycles. The van der Waals surface area contributed by atoms with E-state index in [1.54, 1.807) is 12.1 Å². The van der Waals surface area contributed by atoms with E-state index in [0.29, 0.717) is 10.3 Å². The van der Waals surface area contributed by atoms with Crippen molar-refractivity contribution in [3.63, 3.8) is 0 Å². The number of nitrogens with one attached hydrogen (secondary N) is 1. The molecule has 0 fully saturated rings. The van der Waals surface area contributed by atoms with Crippen LogP contribution in [0.4, 0.5) is 14.5 Å². The number of carbonyl (C=O) groups excluding carboxylic acids is 1. The number of pyridine rings is 1. The Kier molecular flexibility index (Phi) is 4.62. The van der Waals surface area contributed by atoms with E-state index in [9.17, 15) is 13.6 Å². The predicted octanol–water partition coefficient (Wildman–Crippen LogP) is 3.70. The maximum absolute atomic E-state index is 12.1. The van der Waals surface area contributed by atoms with Crippen molar-refractivity contribution < 1.29 is 18.3 Å². The molecule has 0 aliphatic heterocycles. The molecule has 4 nitrogen and oxygen atoms in total. The Hall–Kier alpha value is -2.02.